The van der Waals surface area contributed by atoms with Crippen LogP contribution in [0.5, 0.6) is 11.5 Å². The molecule has 2 aromatic carbocycles. The van der Waals surface area contributed by atoms with Crippen molar-refractivity contribution in [2.24, 2.45) is 0 Å². The van der Waals surface area contributed by atoms with Crippen LogP contribution in [0.2, 0.25) is 0 Å². The molecule has 0 saturated heterocycles. The summed E-state index contributed by atoms with van der Waals surface area (Å²) in [5.41, 5.74) is -2.40. The summed E-state index contributed by atoms with van der Waals surface area (Å²) in [6.45, 7) is 0. The molecule has 0 unspecified atom stereocenters. The Morgan fingerprint density at radius 2 is 1.00 bits per heavy atom. The van der Waals surface area contributed by atoms with E-state index in [0.717, 1.165) is 24.3 Å². The molecule has 0 radical (unpaired) electrons. The summed E-state index contributed by atoms with van der Waals surface area (Å²) in [5.74, 6) is -1.88. The number of fused-ring (bicyclic) bond motifs is 3. The number of hydrogen-bond donors (Lipinski definition) is 0. The highest BCUT2D eigenvalue weighted by Crippen LogP contribution is 2.50. The van der Waals surface area contributed by atoms with Gasteiger partial charge in [0.05, 0.1) is 11.1 Å². The third-order valence-electron chi connectivity index (χ3n) is 4.23. The Morgan fingerprint density at radius 3 is 1.28 bits per heavy atom. The Labute approximate surface area is 175 Å². The average Bonchev–Trinajstić information content (AvgIpc) is 2.98. The molecular weight excluding hydrogens is 442 g/mol. The van der Waals surface area contributed by atoms with Gasteiger partial charge in [0, 0.05) is 5.57 Å². The van der Waals surface area contributed by atoms with Crippen LogP contribution in [0.3, 0.4) is 0 Å². The molecule has 12 heteroatoms. The van der Waals surface area contributed by atoms with Gasteiger partial charge in [-0.05, 0) is 46.5 Å². The monoisotopic (exact) mass is 446 g/mol. The number of nitriles is 4. The summed E-state index contributed by atoms with van der Waals surface area (Å²) < 4.78 is 84.3. The second-order valence-electron chi connectivity index (χ2n) is 6.08. The zero-order valence-corrected chi connectivity index (χ0v) is 15.2. The number of ether oxygens (including phenoxy) is 2. The van der Waals surface area contributed by atoms with E-state index in [4.69, 9.17) is 0 Å². The molecule has 0 bridgehead atoms. The van der Waals surface area contributed by atoms with E-state index in [1.54, 1.807) is 0 Å². The van der Waals surface area contributed by atoms with E-state index in [1.165, 1.54) is 24.3 Å². The minimum Gasteiger partial charge on any atom is -0.404 e. The zero-order valence-electron chi connectivity index (χ0n) is 15.2. The van der Waals surface area contributed by atoms with Crippen LogP contribution in [0.15, 0.2) is 29.8 Å². The highest BCUT2D eigenvalue weighted by molar-refractivity contribution is 6.05. The first-order chi connectivity index (χ1) is 14.9. The number of benzene rings is 2. The van der Waals surface area contributed by atoms with Crippen molar-refractivity contribution in [1.82, 2.24) is 0 Å². The highest BCUT2D eigenvalue weighted by atomic mass is 19.4. The van der Waals surface area contributed by atoms with Gasteiger partial charge in [0.1, 0.15) is 41.3 Å². The number of rotatable bonds is 2. The van der Waals surface area contributed by atoms with Gasteiger partial charge < -0.3 is 9.47 Å². The van der Waals surface area contributed by atoms with Crippen LogP contribution in [0.1, 0.15) is 22.3 Å². The van der Waals surface area contributed by atoms with Gasteiger partial charge in [-0.3, -0.25) is 0 Å². The van der Waals surface area contributed by atoms with E-state index in [1.807, 2.05) is 0 Å². The standard InChI is InChI=1S/C20H4F6N4O2/c21-19(22,23)31-16-3-14-12(1-9(16)5-27)13-2-10(6-28)17(32-20(24,25)26)4-15(13)18(14)11(7-29)8-30/h1-4H. The normalized spacial score (nSPS) is 11.9. The highest BCUT2D eigenvalue weighted by Gasteiger charge is 2.37. The molecule has 0 atom stereocenters. The van der Waals surface area contributed by atoms with Gasteiger partial charge in [-0.15, -0.1) is 26.3 Å². The van der Waals surface area contributed by atoms with Crippen molar-refractivity contribution in [2.75, 3.05) is 0 Å². The smallest absolute Gasteiger partial charge is 0.404 e. The zero-order chi connectivity index (χ0) is 23.8. The Kier molecular flexibility index (Phi) is 5.18. The quantitative estimate of drug-likeness (QED) is 0.402. The lowest BCUT2D eigenvalue weighted by atomic mass is 9.97. The van der Waals surface area contributed by atoms with Crippen LogP contribution < -0.4 is 9.47 Å². The lowest BCUT2D eigenvalue weighted by Crippen LogP contribution is -2.18. The van der Waals surface area contributed by atoms with E-state index < -0.39 is 40.9 Å². The molecular formula is C20H4F6N4O2. The summed E-state index contributed by atoms with van der Waals surface area (Å²) in [5, 5.41) is 37.0. The SMILES string of the molecule is N#CC(C#N)=C1c2cc(OC(F)(F)F)c(C#N)cc2-c2cc(C#N)c(OC(F)(F)F)cc21. The largest absolute Gasteiger partial charge is 0.573 e. The topological polar surface area (TPSA) is 114 Å². The van der Waals surface area contributed by atoms with Crippen molar-refractivity contribution in [3.05, 3.63) is 52.1 Å². The Hall–Kier alpha value is -4.68. The third-order valence-corrected chi connectivity index (χ3v) is 4.23. The third kappa shape index (κ3) is 3.98. The summed E-state index contributed by atoms with van der Waals surface area (Å²) >= 11 is 0. The Balaban J connectivity index is 2.40. The first-order valence-electron chi connectivity index (χ1n) is 8.15. The molecule has 1 aliphatic carbocycles. The molecule has 0 spiro atoms. The van der Waals surface area contributed by atoms with E-state index in [-0.39, 0.29) is 27.8 Å². The molecule has 6 nitrogen and oxygen atoms in total. The molecule has 0 fully saturated rings. The summed E-state index contributed by atoms with van der Waals surface area (Å²) in [6, 6.07) is 9.51. The van der Waals surface area contributed by atoms with Crippen LogP contribution in [-0.2, 0) is 0 Å². The van der Waals surface area contributed by atoms with Crippen molar-refractivity contribution >= 4 is 5.57 Å². The summed E-state index contributed by atoms with van der Waals surface area (Å²) in [6.07, 6.45) is -10.4. The van der Waals surface area contributed by atoms with E-state index in [0.29, 0.717) is 0 Å². The number of alkyl halides is 6. The average molecular weight is 446 g/mol. The number of hydrogen-bond acceptors (Lipinski definition) is 6. The molecule has 0 N–H and O–H groups in total. The Morgan fingerprint density at radius 1 is 0.625 bits per heavy atom. The number of allylic oxidation sites excluding steroid dienone is 1. The van der Waals surface area contributed by atoms with Gasteiger partial charge in [-0.2, -0.15) is 21.0 Å². The van der Waals surface area contributed by atoms with Crippen molar-refractivity contribution in [3.8, 4) is 46.9 Å². The first kappa shape index (κ1) is 22.0. The van der Waals surface area contributed by atoms with Gasteiger partial charge in [0.25, 0.3) is 0 Å². The molecule has 0 amide bonds. The van der Waals surface area contributed by atoms with Crippen molar-refractivity contribution in [1.29, 1.82) is 21.0 Å². The predicted molar refractivity (Wildman–Crippen MR) is 91.9 cm³/mol. The molecule has 2 aromatic rings. The molecule has 1 aliphatic rings. The lowest BCUT2D eigenvalue weighted by molar-refractivity contribution is -0.275. The van der Waals surface area contributed by atoms with Gasteiger partial charge in [0.2, 0.25) is 0 Å². The van der Waals surface area contributed by atoms with Gasteiger partial charge in [0.15, 0.2) is 0 Å². The van der Waals surface area contributed by atoms with Gasteiger partial charge in [-0.25, -0.2) is 0 Å². The molecule has 32 heavy (non-hydrogen) atoms. The second kappa shape index (κ2) is 7.54. The van der Waals surface area contributed by atoms with Gasteiger partial charge >= 0.3 is 12.7 Å². The van der Waals surface area contributed by atoms with E-state index >= 15 is 0 Å². The second-order valence-corrected chi connectivity index (χ2v) is 6.08. The molecule has 3 rings (SSSR count). The van der Waals surface area contributed by atoms with Crippen molar-refractivity contribution in [2.45, 2.75) is 12.7 Å². The number of halogens is 6. The van der Waals surface area contributed by atoms with Crippen molar-refractivity contribution in [3.63, 3.8) is 0 Å². The minimum absolute atomic E-state index is 0.0131. The molecule has 0 aromatic heterocycles. The first-order valence-corrected chi connectivity index (χ1v) is 8.15. The van der Waals surface area contributed by atoms with Crippen molar-refractivity contribution < 1.29 is 35.8 Å². The fourth-order valence-electron chi connectivity index (χ4n) is 3.16. The fourth-order valence-corrected chi connectivity index (χ4v) is 3.16. The van der Waals surface area contributed by atoms with Crippen LogP contribution >= 0.6 is 0 Å². The maximum atomic E-state index is 12.8. The maximum absolute atomic E-state index is 12.8. The Bertz CT molecular complexity index is 1240. The molecule has 158 valence electrons. The minimum atomic E-state index is -5.18. The molecule has 0 aliphatic heterocycles. The fraction of sp³-hybridized carbons (Fsp3) is 0.100. The molecule has 0 saturated carbocycles. The summed E-state index contributed by atoms with van der Waals surface area (Å²) in [4.78, 5) is 0. The molecule has 0 heterocycles. The maximum Gasteiger partial charge on any atom is 0.573 e. The predicted octanol–water partition coefficient (Wildman–Crippen LogP) is 5.06. The van der Waals surface area contributed by atoms with Crippen LogP contribution in [0, 0.1) is 45.3 Å². The summed E-state index contributed by atoms with van der Waals surface area (Å²) in [7, 11) is 0. The van der Waals surface area contributed by atoms with E-state index in [9.17, 15) is 47.4 Å². The van der Waals surface area contributed by atoms with E-state index in [2.05, 4.69) is 9.47 Å². The van der Waals surface area contributed by atoms with Crippen LogP contribution in [-0.4, -0.2) is 12.7 Å². The van der Waals surface area contributed by atoms with Gasteiger partial charge in [-0.1, -0.05) is 0 Å². The lowest BCUT2D eigenvalue weighted by Gasteiger charge is -2.12. The van der Waals surface area contributed by atoms with Crippen LogP contribution in [0.25, 0.3) is 16.7 Å². The number of nitrogens with zero attached hydrogens (tertiary/aromatic N) is 4. The van der Waals surface area contributed by atoms with Crippen LogP contribution in [0.4, 0.5) is 26.3 Å².